The van der Waals surface area contributed by atoms with Crippen molar-refractivity contribution in [1.29, 1.82) is 0 Å². The number of aromatic nitrogens is 1. The minimum absolute atomic E-state index is 0.0150. The zero-order valence-corrected chi connectivity index (χ0v) is 21.2. The molecule has 3 aromatic rings. The van der Waals surface area contributed by atoms with Crippen LogP contribution in [-0.2, 0) is 27.8 Å². The largest absolute Gasteiger partial charge is 0.464 e. The van der Waals surface area contributed by atoms with E-state index in [-0.39, 0.29) is 27.7 Å². The molecule has 1 aliphatic heterocycles. The van der Waals surface area contributed by atoms with Crippen LogP contribution in [0.25, 0.3) is 0 Å². The summed E-state index contributed by atoms with van der Waals surface area (Å²) >= 11 is 7.19. The van der Waals surface area contributed by atoms with E-state index in [0.717, 1.165) is 42.1 Å². The first-order valence-electron chi connectivity index (χ1n) is 10.5. The number of likely N-dealkylation sites (tertiary alicyclic amines) is 1. The lowest BCUT2D eigenvalue weighted by molar-refractivity contribution is -0.0335. The Morgan fingerprint density at radius 3 is 2.72 bits per heavy atom. The highest BCUT2D eigenvalue weighted by atomic mass is 35.5. The quantitative estimate of drug-likeness (QED) is 0.398. The number of halogens is 3. The predicted molar refractivity (Wildman–Crippen MR) is 131 cm³/mol. The van der Waals surface area contributed by atoms with Gasteiger partial charge >= 0.3 is 6.09 Å². The molecule has 0 aliphatic carbocycles. The van der Waals surface area contributed by atoms with Gasteiger partial charge in [0.05, 0.1) is 22.3 Å². The second kappa shape index (κ2) is 10.6. The van der Waals surface area contributed by atoms with Crippen LogP contribution in [0.5, 0.6) is 0 Å². The fourth-order valence-corrected chi connectivity index (χ4v) is 5.97. The smallest absolute Gasteiger partial charge is 0.427 e. The van der Waals surface area contributed by atoms with E-state index in [0.29, 0.717) is 12.1 Å². The number of ether oxygens (including phenoxy) is 1. The van der Waals surface area contributed by atoms with Gasteiger partial charge in [0, 0.05) is 44.2 Å². The maximum absolute atomic E-state index is 15.0. The third kappa shape index (κ3) is 5.30. The number of nitrogens with one attached hydrogen (secondary N) is 1. The van der Waals surface area contributed by atoms with Gasteiger partial charge in [-0.05, 0) is 23.8 Å². The van der Waals surface area contributed by atoms with Crippen molar-refractivity contribution < 1.29 is 31.8 Å². The number of sulfonamides is 1. The first kappa shape index (κ1) is 26.2. The number of rotatable bonds is 9. The van der Waals surface area contributed by atoms with Crippen molar-refractivity contribution in [2.45, 2.75) is 24.1 Å². The Labute approximate surface area is 214 Å². The van der Waals surface area contributed by atoms with Crippen LogP contribution < -0.4 is 9.62 Å². The molecule has 2 aromatic carbocycles. The van der Waals surface area contributed by atoms with E-state index in [9.17, 15) is 27.1 Å². The van der Waals surface area contributed by atoms with Crippen LogP contribution in [-0.4, -0.2) is 55.8 Å². The molecule has 0 bridgehead atoms. The number of hydrogen-bond acceptors (Lipinski definition) is 8. The number of benzene rings is 2. The summed E-state index contributed by atoms with van der Waals surface area (Å²) in [6, 6.07) is 6.34. The van der Waals surface area contributed by atoms with Crippen molar-refractivity contribution in [2.24, 2.45) is 0 Å². The van der Waals surface area contributed by atoms with Crippen LogP contribution >= 0.6 is 22.9 Å². The Bertz CT molecular complexity index is 1370. The molecule has 14 heteroatoms. The molecule has 4 rings (SSSR count). The monoisotopic (exact) mass is 558 g/mol. The van der Waals surface area contributed by atoms with E-state index in [1.54, 1.807) is 19.2 Å². The van der Waals surface area contributed by atoms with Crippen LogP contribution in [0.2, 0.25) is 5.02 Å². The number of amides is 1. The summed E-state index contributed by atoms with van der Waals surface area (Å²) in [6.07, 6.45) is -1.71. The number of nitrogens with zero attached hydrogens (tertiary/aromatic N) is 3. The molecular formula is C22H21ClF2N4O5S2. The van der Waals surface area contributed by atoms with Crippen molar-refractivity contribution in [3.8, 4) is 0 Å². The summed E-state index contributed by atoms with van der Waals surface area (Å²) in [7, 11) is -3.24. The lowest BCUT2D eigenvalue weighted by Crippen LogP contribution is -2.51. The van der Waals surface area contributed by atoms with E-state index in [1.807, 2.05) is 0 Å². The lowest BCUT2D eigenvalue weighted by Gasteiger charge is -2.38. The molecule has 1 aromatic heterocycles. The molecule has 0 saturated carbocycles. The summed E-state index contributed by atoms with van der Waals surface area (Å²) in [5.74, 6) is -2.08. The van der Waals surface area contributed by atoms with Crippen molar-refractivity contribution in [3.63, 3.8) is 0 Å². The average molecular weight is 559 g/mol. The molecule has 0 atom stereocenters. The molecule has 2 N–H and O–H groups in total. The Morgan fingerprint density at radius 1 is 1.33 bits per heavy atom. The van der Waals surface area contributed by atoms with Gasteiger partial charge < -0.3 is 15.2 Å². The van der Waals surface area contributed by atoms with Gasteiger partial charge in [0.1, 0.15) is 16.5 Å². The number of methoxy groups -OCH3 is 1. The Hall–Kier alpha value is -2.84. The number of carbonyl (C=O) groups is 1. The fraction of sp³-hybridized carbons (Fsp3) is 0.273. The van der Waals surface area contributed by atoms with Gasteiger partial charge in [-0.2, -0.15) is 0 Å². The van der Waals surface area contributed by atoms with E-state index >= 15 is 0 Å². The summed E-state index contributed by atoms with van der Waals surface area (Å²) in [5.41, 5.74) is 2.34. The van der Waals surface area contributed by atoms with E-state index in [4.69, 9.17) is 16.3 Å². The summed E-state index contributed by atoms with van der Waals surface area (Å²) < 4.78 is 60.7. The van der Waals surface area contributed by atoms with Crippen LogP contribution in [0.3, 0.4) is 0 Å². The lowest BCUT2D eigenvalue weighted by atomic mass is 10.0. The van der Waals surface area contributed by atoms with Crippen molar-refractivity contribution >= 4 is 50.6 Å². The van der Waals surface area contributed by atoms with Gasteiger partial charge in [0.2, 0.25) is 0 Å². The van der Waals surface area contributed by atoms with Gasteiger partial charge in [0.25, 0.3) is 10.0 Å². The standard InChI is InChI=1S/C22H21ClF2N4O5S2/c1-34-14-9-28(10-14)8-13-3-2-4-17(24)15(13)7-26-19-6-18(25)20(5-16(19)23)36(32,33)29(22(30)31)21-11-35-12-27-21/h2-6,11-12,14,26H,7-10H2,1H3,(H,30,31). The first-order chi connectivity index (χ1) is 17.1. The zero-order chi connectivity index (χ0) is 26.0. The highest BCUT2D eigenvalue weighted by Crippen LogP contribution is 2.32. The Morgan fingerprint density at radius 2 is 2.08 bits per heavy atom. The maximum Gasteiger partial charge on any atom is 0.427 e. The number of anilines is 2. The molecule has 0 radical (unpaired) electrons. The minimum atomic E-state index is -4.88. The fourth-order valence-electron chi connectivity index (χ4n) is 3.77. The summed E-state index contributed by atoms with van der Waals surface area (Å²) in [5, 5.41) is 13.3. The second-order valence-corrected chi connectivity index (χ2v) is 10.8. The molecule has 9 nitrogen and oxygen atoms in total. The number of hydrogen-bond donors (Lipinski definition) is 2. The van der Waals surface area contributed by atoms with Crippen molar-refractivity contribution in [3.05, 3.63) is 69.0 Å². The first-order valence-corrected chi connectivity index (χ1v) is 13.3. The van der Waals surface area contributed by atoms with E-state index in [1.165, 1.54) is 17.0 Å². The summed E-state index contributed by atoms with van der Waals surface area (Å²) in [6.45, 7) is 1.90. The average Bonchev–Trinajstić information content (AvgIpc) is 3.30. The molecule has 1 saturated heterocycles. The van der Waals surface area contributed by atoms with Crippen molar-refractivity contribution in [1.82, 2.24) is 9.88 Å². The molecular weight excluding hydrogens is 538 g/mol. The van der Waals surface area contributed by atoms with Crippen LogP contribution in [0.15, 0.2) is 46.1 Å². The Balaban J connectivity index is 1.56. The number of carboxylic acid groups (broad SMARTS) is 1. The highest BCUT2D eigenvalue weighted by Gasteiger charge is 2.35. The zero-order valence-electron chi connectivity index (χ0n) is 18.8. The third-order valence-electron chi connectivity index (χ3n) is 5.66. The van der Waals surface area contributed by atoms with Gasteiger partial charge in [-0.15, -0.1) is 15.6 Å². The van der Waals surface area contributed by atoms with E-state index < -0.39 is 38.5 Å². The SMILES string of the molecule is COC1CN(Cc2cccc(F)c2CNc2cc(F)c(S(=O)(=O)N(C(=O)O)c3cscn3)cc2Cl)C1. The molecule has 0 unspecified atom stereocenters. The number of thiazole rings is 1. The molecule has 36 heavy (non-hydrogen) atoms. The normalized spacial score (nSPS) is 14.4. The second-order valence-electron chi connectivity index (χ2n) is 7.94. The molecule has 1 amide bonds. The summed E-state index contributed by atoms with van der Waals surface area (Å²) in [4.78, 5) is 16.5. The Kier molecular flexibility index (Phi) is 7.76. The molecule has 1 fully saturated rings. The third-order valence-corrected chi connectivity index (χ3v) is 8.24. The van der Waals surface area contributed by atoms with E-state index in [2.05, 4.69) is 15.2 Å². The highest BCUT2D eigenvalue weighted by molar-refractivity contribution is 7.93. The van der Waals surface area contributed by atoms with Gasteiger partial charge in [-0.3, -0.25) is 4.90 Å². The van der Waals surface area contributed by atoms with Gasteiger partial charge in [-0.25, -0.2) is 27.0 Å². The van der Waals surface area contributed by atoms with Crippen LogP contribution in [0.4, 0.5) is 25.1 Å². The van der Waals surface area contributed by atoms with Crippen LogP contribution in [0.1, 0.15) is 11.1 Å². The molecule has 192 valence electrons. The van der Waals surface area contributed by atoms with Gasteiger partial charge in [-0.1, -0.05) is 23.7 Å². The van der Waals surface area contributed by atoms with Crippen LogP contribution in [0, 0.1) is 11.6 Å². The predicted octanol–water partition coefficient (Wildman–Crippen LogP) is 4.39. The van der Waals surface area contributed by atoms with Gasteiger partial charge in [0.15, 0.2) is 5.82 Å². The topological polar surface area (TPSA) is 112 Å². The molecule has 2 heterocycles. The molecule has 1 aliphatic rings. The van der Waals surface area contributed by atoms with Crippen molar-refractivity contribution in [2.75, 3.05) is 29.8 Å². The maximum atomic E-state index is 15.0. The molecule has 0 spiro atoms. The minimum Gasteiger partial charge on any atom is -0.464 e.